The van der Waals surface area contributed by atoms with Gasteiger partial charge in [0.25, 0.3) is 5.91 Å². The highest BCUT2D eigenvalue weighted by Gasteiger charge is 2.20. The van der Waals surface area contributed by atoms with Crippen LogP contribution in [0.2, 0.25) is 0 Å². The predicted octanol–water partition coefficient (Wildman–Crippen LogP) is 2.87. The van der Waals surface area contributed by atoms with Crippen LogP contribution in [0, 0.1) is 12.7 Å². The van der Waals surface area contributed by atoms with Crippen molar-refractivity contribution >= 4 is 22.8 Å². The average Bonchev–Trinajstić information content (AvgIpc) is 3.18. The maximum Gasteiger partial charge on any atom is 0.374 e. The molecule has 124 valence electrons. The number of aromatic amines is 2. The van der Waals surface area contributed by atoms with E-state index in [-0.39, 0.29) is 11.7 Å². The summed E-state index contributed by atoms with van der Waals surface area (Å²) < 4.78 is 14.7. The molecule has 25 heavy (non-hydrogen) atoms. The number of aryl methyl sites for hydroxylation is 1. The molecule has 4 aromatic rings. The van der Waals surface area contributed by atoms with Gasteiger partial charge in [-0.3, -0.25) is 20.2 Å². The molecule has 1 amide bonds. The number of nitrogens with one attached hydrogen (secondary N) is 3. The lowest BCUT2D eigenvalue weighted by Crippen LogP contribution is -2.38. The van der Waals surface area contributed by atoms with Gasteiger partial charge in [-0.1, -0.05) is 12.1 Å². The van der Waals surface area contributed by atoms with Crippen molar-refractivity contribution < 1.29 is 13.9 Å². The first-order valence-corrected chi connectivity index (χ1v) is 7.74. The smallest absolute Gasteiger partial charge is 0.258 e. The van der Waals surface area contributed by atoms with Gasteiger partial charge in [-0.2, -0.15) is 0 Å². The van der Waals surface area contributed by atoms with E-state index < -0.39 is 0 Å². The average molecular weight is 336 g/mol. The lowest BCUT2D eigenvalue weighted by Gasteiger charge is -2.01. The van der Waals surface area contributed by atoms with E-state index in [1.54, 1.807) is 10.7 Å². The molecule has 6 nitrogen and oxygen atoms in total. The Labute approximate surface area is 142 Å². The van der Waals surface area contributed by atoms with Crippen molar-refractivity contribution in [3.63, 3.8) is 0 Å². The zero-order valence-electron chi connectivity index (χ0n) is 13.4. The normalized spacial score (nSPS) is 11.0. The van der Waals surface area contributed by atoms with Gasteiger partial charge in [-0.15, -0.1) is 9.67 Å². The molecule has 0 aliphatic heterocycles. The number of halogens is 1. The standard InChI is InChI=1S/C18H14FN5O/c1-11-10-16(22-17(25)12-6-8-13(19)9-7-12)24(23-11)18-20-14-4-2-3-5-15(14)21-18/h2-10H,1H3,(H2,20,21,22,23,25)/p+1. The van der Waals surface area contributed by atoms with Crippen molar-refractivity contribution in [3.8, 4) is 5.95 Å². The SMILES string of the molecule is Cc1cc(NC(=O)c2ccc(F)cc2)[n+](-c2nc3ccccc3[nH]2)[nH]1. The molecule has 0 radical (unpaired) electrons. The van der Waals surface area contributed by atoms with Gasteiger partial charge in [0.15, 0.2) is 5.52 Å². The molecular weight excluding hydrogens is 321 g/mol. The number of anilines is 1. The number of hydrogen-bond donors (Lipinski definition) is 3. The highest BCUT2D eigenvalue weighted by atomic mass is 19.1. The summed E-state index contributed by atoms with van der Waals surface area (Å²) in [5.41, 5.74) is 2.95. The van der Waals surface area contributed by atoms with E-state index in [1.165, 1.54) is 24.3 Å². The fourth-order valence-corrected chi connectivity index (χ4v) is 2.63. The molecule has 0 unspecified atom stereocenters. The van der Waals surface area contributed by atoms with Crippen LogP contribution in [0.15, 0.2) is 54.6 Å². The van der Waals surface area contributed by atoms with Gasteiger partial charge in [0.2, 0.25) is 5.82 Å². The highest BCUT2D eigenvalue weighted by Crippen LogP contribution is 2.13. The molecule has 0 aliphatic carbocycles. The topological polar surface area (TPSA) is 77.5 Å². The Hall–Kier alpha value is -3.48. The number of imidazole rings is 1. The van der Waals surface area contributed by atoms with Crippen LogP contribution in [0.3, 0.4) is 0 Å². The molecular formula is C18H15FN5O+. The molecule has 2 aromatic heterocycles. The first-order chi connectivity index (χ1) is 12.1. The second-order valence-corrected chi connectivity index (χ2v) is 5.70. The van der Waals surface area contributed by atoms with Crippen LogP contribution in [0.4, 0.5) is 10.2 Å². The summed E-state index contributed by atoms with van der Waals surface area (Å²) in [6.45, 7) is 1.88. The van der Waals surface area contributed by atoms with Crippen molar-refractivity contribution in [1.82, 2.24) is 15.1 Å². The first-order valence-electron chi connectivity index (χ1n) is 7.74. The molecule has 0 spiro atoms. The van der Waals surface area contributed by atoms with Crippen molar-refractivity contribution in [2.24, 2.45) is 0 Å². The van der Waals surface area contributed by atoms with Crippen molar-refractivity contribution in [2.45, 2.75) is 6.92 Å². The van der Waals surface area contributed by atoms with Gasteiger partial charge >= 0.3 is 5.95 Å². The number of nitrogens with zero attached hydrogens (tertiary/aromatic N) is 2. The van der Waals surface area contributed by atoms with E-state index in [4.69, 9.17) is 0 Å². The Balaban J connectivity index is 1.69. The van der Waals surface area contributed by atoms with Crippen LogP contribution in [0.25, 0.3) is 17.0 Å². The van der Waals surface area contributed by atoms with E-state index in [2.05, 4.69) is 20.4 Å². The maximum atomic E-state index is 13.0. The molecule has 0 fully saturated rings. The molecule has 3 N–H and O–H groups in total. The van der Waals surface area contributed by atoms with Gasteiger partial charge in [0, 0.05) is 11.8 Å². The Kier molecular flexibility index (Phi) is 3.53. The molecule has 0 atom stereocenters. The van der Waals surface area contributed by atoms with E-state index in [1.807, 2.05) is 31.2 Å². The van der Waals surface area contributed by atoms with Crippen LogP contribution in [0.1, 0.15) is 16.1 Å². The van der Waals surface area contributed by atoms with Crippen molar-refractivity contribution in [3.05, 3.63) is 71.7 Å². The largest absolute Gasteiger partial charge is 0.374 e. The molecule has 2 heterocycles. The van der Waals surface area contributed by atoms with Gasteiger partial charge < -0.3 is 0 Å². The summed E-state index contributed by atoms with van der Waals surface area (Å²) in [6, 6.07) is 14.9. The van der Waals surface area contributed by atoms with Crippen LogP contribution in [0.5, 0.6) is 0 Å². The van der Waals surface area contributed by atoms with Crippen LogP contribution >= 0.6 is 0 Å². The quantitative estimate of drug-likeness (QED) is 0.503. The third kappa shape index (κ3) is 2.87. The summed E-state index contributed by atoms with van der Waals surface area (Å²) >= 11 is 0. The lowest BCUT2D eigenvalue weighted by molar-refractivity contribution is -0.648. The summed E-state index contributed by atoms with van der Waals surface area (Å²) in [5.74, 6) is 0.379. The molecule has 0 saturated heterocycles. The summed E-state index contributed by atoms with van der Waals surface area (Å²) in [5, 5.41) is 5.96. The number of rotatable bonds is 3. The van der Waals surface area contributed by atoms with E-state index in [9.17, 15) is 9.18 Å². The number of benzene rings is 2. The summed E-state index contributed by atoms with van der Waals surface area (Å²) in [4.78, 5) is 20.1. The van der Waals surface area contributed by atoms with E-state index in [0.29, 0.717) is 17.3 Å². The third-order valence-corrected chi connectivity index (χ3v) is 3.82. The number of carbonyl (C=O) groups is 1. The van der Waals surface area contributed by atoms with Crippen LogP contribution in [-0.2, 0) is 0 Å². The predicted molar refractivity (Wildman–Crippen MR) is 91.1 cm³/mol. The van der Waals surface area contributed by atoms with Gasteiger partial charge in [-0.25, -0.2) is 4.39 Å². The highest BCUT2D eigenvalue weighted by molar-refractivity contribution is 6.03. The first kappa shape index (κ1) is 15.1. The fourth-order valence-electron chi connectivity index (χ4n) is 2.63. The maximum absolute atomic E-state index is 13.0. The molecule has 0 saturated carbocycles. The van der Waals surface area contributed by atoms with Crippen LogP contribution in [-0.4, -0.2) is 21.0 Å². The number of amides is 1. The monoisotopic (exact) mass is 336 g/mol. The van der Waals surface area contributed by atoms with E-state index >= 15 is 0 Å². The van der Waals surface area contributed by atoms with Crippen molar-refractivity contribution in [1.29, 1.82) is 0 Å². The second kappa shape index (κ2) is 5.86. The molecule has 2 aromatic carbocycles. The van der Waals surface area contributed by atoms with Crippen LogP contribution < -0.4 is 10.00 Å². The number of para-hydroxylation sites is 2. The number of fused-ring (bicyclic) bond motifs is 1. The number of carbonyl (C=O) groups excluding carboxylic acids is 1. The number of aromatic nitrogens is 4. The zero-order chi connectivity index (χ0) is 17.4. The molecule has 0 bridgehead atoms. The lowest BCUT2D eigenvalue weighted by atomic mass is 10.2. The Bertz CT molecular complexity index is 1030. The molecule has 4 rings (SSSR count). The number of hydrogen-bond acceptors (Lipinski definition) is 2. The number of H-pyrrole nitrogens is 2. The Morgan fingerprint density at radius 2 is 1.92 bits per heavy atom. The molecule has 0 aliphatic rings. The Morgan fingerprint density at radius 1 is 1.16 bits per heavy atom. The molecule has 7 heteroatoms. The van der Waals surface area contributed by atoms with Crippen molar-refractivity contribution in [2.75, 3.05) is 5.32 Å². The zero-order valence-corrected chi connectivity index (χ0v) is 13.4. The minimum Gasteiger partial charge on any atom is -0.258 e. The van der Waals surface area contributed by atoms with E-state index in [0.717, 1.165) is 16.7 Å². The minimum absolute atomic E-state index is 0.330. The minimum atomic E-state index is -0.383. The Morgan fingerprint density at radius 3 is 2.68 bits per heavy atom. The summed E-state index contributed by atoms with van der Waals surface area (Å²) in [7, 11) is 0. The van der Waals surface area contributed by atoms with Gasteiger partial charge in [0.05, 0.1) is 5.56 Å². The third-order valence-electron chi connectivity index (χ3n) is 3.82. The van der Waals surface area contributed by atoms with Gasteiger partial charge in [0.1, 0.15) is 11.3 Å². The fraction of sp³-hybridized carbons (Fsp3) is 0.0556. The second-order valence-electron chi connectivity index (χ2n) is 5.70. The van der Waals surface area contributed by atoms with Gasteiger partial charge in [-0.05, 0) is 43.3 Å². The summed E-state index contributed by atoms with van der Waals surface area (Å²) in [6.07, 6.45) is 0.